The molecule has 7 atom stereocenters. The summed E-state index contributed by atoms with van der Waals surface area (Å²) in [6.07, 6.45) is 52.8. The van der Waals surface area contributed by atoms with Gasteiger partial charge in [0.2, 0.25) is 0 Å². The quantitative estimate of drug-likeness (QED) is 0.0222. The fourth-order valence-corrected chi connectivity index (χ4v) is 13.1. The summed E-state index contributed by atoms with van der Waals surface area (Å²) in [5, 5.41) is 10.6. The molecule has 0 heterocycles. The smallest absolute Gasteiger partial charge is 0.462 e. The summed E-state index contributed by atoms with van der Waals surface area (Å²) in [6, 6.07) is 0. The maximum Gasteiger partial charge on any atom is 0.472 e. The van der Waals surface area contributed by atoms with Gasteiger partial charge in [-0.05, 0) is 43.4 Å². The number of rotatable bonds is 74. The molecule has 0 aromatic rings. The van der Waals surface area contributed by atoms with Gasteiger partial charge in [-0.1, -0.05) is 337 Å². The van der Waals surface area contributed by atoms with Crippen molar-refractivity contribution in [1.82, 2.24) is 0 Å². The van der Waals surface area contributed by atoms with E-state index in [0.717, 1.165) is 120 Å². The highest BCUT2D eigenvalue weighted by molar-refractivity contribution is 7.47. The van der Waals surface area contributed by atoms with Crippen LogP contribution in [-0.4, -0.2) is 96.7 Å². The lowest BCUT2D eigenvalue weighted by molar-refractivity contribution is -0.161. The zero-order valence-electron chi connectivity index (χ0n) is 62.1. The summed E-state index contributed by atoms with van der Waals surface area (Å²) in [5.74, 6) is 0.310. The van der Waals surface area contributed by atoms with Crippen molar-refractivity contribution in [2.24, 2.45) is 17.8 Å². The van der Waals surface area contributed by atoms with Gasteiger partial charge >= 0.3 is 39.5 Å². The lowest BCUT2D eigenvalue weighted by Crippen LogP contribution is -2.30. The van der Waals surface area contributed by atoms with Gasteiger partial charge in [0.25, 0.3) is 0 Å². The standard InChI is InChI=1S/C76H148O17P2/c1-8-11-12-13-33-43-50-57-73(78)86-63-71(92-76(81)60-53-46-39-32-26-27-34-40-47-54-67(4)5)65-90-94(82,83)88-61-70(77)62-89-95(84,85)91-66-72(93-75(80)59-52-45-38-31-25-21-17-15-19-23-29-36-42-49-56-69(7)10-3)64-87-74(79)58-51-44-37-30-24-20-16-14-18-22-28-35-41-48-55-68(6)9-2/h67-72,77H,8-66H2,1-7H3,(H,82,83)(H,84,85)/t68?,69?,70-,71+,72+/m0/s1. The molecule has 0 saturated heterocycles. The van der Waals surface area contributed by atoms with Crippen molar-refractivity contribution in [3.05, 3.63) is 0 Å². The third-order valence-electron chi connectivity index (χ3n) is 18.4. The molecule has 0 rings (SSSR count). The molecule has 0 aromatic heterocycles. The highest BCUT2D eigenvalue weighted by Gasteiger charge is 2.30. The Hall–Kier alpha value is -1.94. The average molecular weight is 1400 g/mol. The number of unbranched alkanes of at least 4 members (excludes halogenated alkanes) is 40. The van der Waals surface area contributed by atoms with Crippen molar-refractivity contribution in [2.45, 2.75) is 407 Å². The summed E-state index contributed by atoms with van der Waals surface area (Å²) in [4.78, 5) is 72.7. The van der Waals surface area contributed by atoms with E-state index in [-0.39, 0.29) is 25.7 Å². The normalized spacial score (nSPS) is 14.6. The Morgan fingerprint density at radius 2 is 0.537 bits per heavy atom. The van der Waals surface area contributed by atoms with E-state index >= 15 is 0 Å². The Balaban J connectivity index is 5.20. The molecule has 3 N–H and O–H groups in total. The molecule has 95 heavy (non-hydrogen) atoms. The molecule has 0 amide bonds. The highest BCUT2D eigenvalue weighted by atomic mass is 31.2. The monoisotopic (exact) mass is 1400 g/mol. The van der Waals surface area contributed by atoms with Crippen LogP contribution in [-0.2, 0) is 65.4 Å². The summed E-state index contributed by atoms with van der Waals surface area (Å²) < 4.78 is 68.4. The minimum atomic E-state index is -4.96. The zero-order chi connectivity index (χ0) is 70.1. The fraction of sp³-hybridized carbons (Fsp3) is 0.947. The number of phosphoric acid groups is 2. The number of ether oxygens (including phenoxy) is 4. The minimum Gasteiger partial charge on any atom is -0.462 e. The first-order valence-electron chi connectivity index (χ1n) is 39.4. The SMILES string of the molecule is CCCCCCCCCC(=O)OC[C@H](COP(=O)(O)OC[C@H](O)COP(=O)(O)OC[C@@H](COC(=O)CCCCCCCCCCCCCCCCC(C)CC)OC(=O)CCCCCCCCCCCCCCCCC(C)CC)OC(=O)CCCCCCCCCCCC(C)C. The van der Waals surface area contributed by atoms with Gasteiger partial charge in [-0.3, -0.25) is 37.3 Å². The third-order valence-corrected chi connectivity index (χ3v) is 20.3. The van der Waals surface area contributed by atoms with Crippen molar-refractivity contribution in [3.63, 3.8) is 0 Å². The fourth-order valence-electron chi connectivity index (χ4n) is 11.5. The van der Waals surface area contributed by atoms with Gasteiger partial charge in [0, 0.05) is 25.7 Å². The van der Waals surface area contributed by atoms with Crippen molar-refractivity contribution >= 4 is 39.5 Å². The maximum absolute atomic E-state index is 13.1. The van der Waals surface area contributed by atoms with E-state index in [9.17, 15) is 43.2 Å². The summed E-state index contributed by atoms with van der Waals surface area (Å²) in [6.45, 7) is 11.9. The van der Waals surface area contributed by atoms with E-state index < -0.39 is 97.5 Å². The number of hydrogen-bond donors (Lipinski definition) is 3. The van der Waals surface area contributed by atoms with Crippen LogP contribution in [0, 0.1) is 17.8 Å². The Bertz CT molecular complexity index is 1860. The van der Waals surface area contributed by atoms with Gasteiger partial charge in [-0.2, -0.15) is 0 Å². The first kappa shape index (κ1) is 93.1. The molecule has 4 unspecified atom stereocenters. The molecule has 0 aliphatic carbocycles. The number of hydrogen-bond acceptors (Lipinski definition) is 15. The van der Waals surface area contributed by atoms with E-state index in [1.54, 1.807) is 0 Å². The second kappa shape index (κ2) is 66.6. The van der Waals surface area contributed by atoms with Gasteiger partial charge in [-0.25, -0.2) is 9.13 Å². The van der Waals surface area contributed by atoms with Gasteiger partial charge in [0.1, 0.15) is 19.3 Å². The van der Waals surface area contributed by atoms with Gasteiger partial charge in [-0.15, -0.1) is 0 Å². The van der Waals surface area contributed by atoms with Crippen molar-refractivity contribution in [3.8, 4) is 0 Å². The van der Waals surface area contributed by atoms with Crippen LogP contribution in [0.25, 0.3) is 0 Å². The molecule has 0 fully saturated rings. The molecule has 0 bridgehead atoms. The molecule has 0 radical (unpaired) electrons. The van der Waals surface area contributed by atoms with E-state index in [0.29, 0.717) is 25.7 Å². The third kappa shape index (κ3) is 67.6. The van der Waals surface area contributed by atoms with Crippen molar-refractivity contribution < 1.29 is 80.2 Å². The molecular formula is C76H148O17P2. The highest BCUT2D eigenvalue weighted by Crippen LogP contribution is 2.45. The molecule has 0 saturated carbocycles. The van der Waals surface area contributed by atoms with Crippen LogP contribution in [0.2, 0.25) is 0 Å². The van der Waals surface area contributed by atoms with Gasteiger partial charge < -0.3 is 33.8 Å². The number of phosphoric ester groups is 2. The summed E-state index contributed by atoms with van der Waals surface area (Å²) in [7, 11) is -9.91. The molecule has 0 aliphatic rings. The van der Waals surface area contributed by atoms with E-state index in [1.807, 2.05) is 0 Å². The van der Waals surface area contributed by atoms with E-state index in [2.05, 4.69) is 48.5 Å². The molecule has 17 nitrogen and oxygen atoms in total. The number of carbonyl (C=O) groups is 4. The first-order valence-corrected chi connectivity index (χ1v) is 42.4. The molecule has 0 aliphatic heterocycles. The van der Waals surface area contributed by atoms with Crippen LogP contribution in [0.15, 0.2) is 0 Å². The summed E-state index contributed by atoms with van der Waals surface area (Å²) in [5.41, 5.74) is 0. The largest absolute Gasteiger partial charge is 0.472 e. The summed E-state index contributed by atoms with van der Waals surface area (Å²) >= 11 is 0. The van der Waals surface area contributed by atoms with E-state index in [1.165, 1.54) is 186 Å². The molecule has 19 heteroatoms. The number of carbonyl (C=O) groups excluding carboxylic acids is 4. The molecule has 564 valence electrons. The topological polar surface area (TPSA) is 237 Å². The van der Waals surface area contributed by atoms with Crippen molar-refractivity contribution in [2.75, 3.05) is 39.6 Å². The van der Waals surface area contributed by atoms with Gasteiger partial charge in [0.15, 0.2) is 12.2 Å². The lowest BCUT2D eigenvalue weighted by Gasteiger charge is -2.21. The lowest BCUT2D eigenvalue weighted by atomic mass is 9.99. The molecular weight excluding hydrogens is 1250 g/mol. The first-order chi connectivity index (χ1) is 45.8. The number of esters is 4. The molecule has 0 aromatic carbocycles. The molecule has 0 spiro atoms. The van der Waals surface area contributed by atoms with Crippen LogP contribution in [0.3, 0.4) is 0 Å². The number of aliphatic hydroxyl groups is 1. The van der Waals surface area contributed by atoms with Gasteiger partial charge in [0.05, 0.1) is 26.4 Å². The Morgan fingerprint density at radius 1 is 0.305 bits per heavy atom. The van der Waals surface area contributed by atoms with Crippen LogP contribution < -0.4 is 0 Å². The zero-order valence-corrected chi connectivity index (χ0v) is 63.9. The minimum absolute atomic E-state index is 0.105. The predicted octanol–water partition coefficient (Wildman–Crippen LogP) is 22.2. The Morgan fingerprint density at radius 3 is 0.800 bits per heavy atom. The Kier molecular flexibility index (Phi) is 65.2. The number of aliphatic hydroxyl groups excluding tert-OH is 1. The van der Waals surface area contributed by atoms with Crippen LogP contribution in [0.4, 0.5) is 0 Å². The maximum atomic E-state index is 13.1. The second-order valence-corrected chi connectivity index (χ2v) is 31.3. The van der Waals surface area contributed by atoms with Crippen LogP contribution >= 0.6 is 15.6 Å². The van der Waals surface area contributed by atoms with Crippen LogP contribution in [0.5, 0.6) is 0 Å². The predicted molar refractivity (Wildman–Crippen MR) is 386 cm³/mol. The Labute approximate surface area is 581 Å². The average Bonchev–Trinajstić information content (AvgIpc) is 1.70. The second-order valence-electron chi connectivity index (χ2n) is 28.4. The van der Waals surface area contributed by atoms with E-state index in [4.69, 9.17) is 37.0 Å². The van der Waals surface area contributed by atoms with Crippen molar-refractivity contribution in [1.29, 1.82) is 0 Å². The van der Waals surface area contributed by atoms with Crippen LogP contribution in [0.1, 0.15) is 389 Å².